The molecule has 27 heavy (non-hydrogen) atoms. The van der Waals surface area contributed by atoms with Crippen LogP contribution in [0.3, 0.4) is 0 Å². The predicted molar refractivity (Wildman–Crippen MR) is 112 cm³/mol. The molecular weight excluding hydrogens is 376 g/mol. The summed E-state index contributed by atoms with van der Waals surface area (Å²) in [4.78, 5) is 17.2. The first kappa shape index (κ1) is 18.4. The molecule has 2 heterocycles. The van der Waals surface area contributed by atoms with Gasteiger partial charge in [0.05, 0.1) is 11.3 Å². The van der Waals surface area contributed by atoms with E-state index in [4.69, 9.17) is 4.98 Å². The summed E-state index contributed by atoms with van der Waals surface area (Å²) in [6, 6.07) is 8.33. The van der Waals surface area contributed by atoms with Crippen LogP contribution >= 0.6 is 23.1 Å². The summed E-state index contributed by atoms with van der Waals surface area (Å²) in [5.41, 5.74) is 3.76. The molecule has 5 nitrogen and oxygen atoms in total. The van der Waals surface area contributed by atoms with Crippen LogP contribution in [0, 0.1) is 5.92 Å². The first-order valence-corrected chi connectivity index (χ1v) is 11.1. The van der Waals surface area contributed by atoms with Gasteiger partial charge in [-0.3, -0.25) is 10.1 Å². The van der Waals surface area contributed by atoms with Crippen molar-refractivity contribution >= 4 is 45.0 Å². The molecule has 0 bridgehead atoms. The zero-order chi connectivity index (χ0) is 18.8. The fourth-order valence-corrected chi connectivity index (χ4v) is 5.07. The number of nitrogens with one attached hydrogen (secondary N) is 1. The van der Waals surface area contributed by atoms with E-state index in [-0.39, 0.29) is 5.91 Å². The molecule has 0 aliphatic heterocycles. The molecular formula is C20H22N4OS2. The van der Waals surface area contributed by atoms with E-state index in [9.17, 15) is 4.79 Å². The van der Waals surface area contributed by atoms with Gasteiger partial charge in [-0.2, -0.15) is 0 Å². The predicted octanol–water partition coefficient (Wildman–Crippen LogP) is 4.50. The van der Waals surface area contributed by atoms with Crippen LogP contribution in [0.1, 0.15) is 36.4 Å². The standard InChI is InChI=1S/C20H22N4OS2/c1-3-18-23-24-20(27-18)22-17(25)11-26-19-15-10-12(2)8-9-13(15)14-6-4-5-7-16(14)21-19/h4-7,12H,3,8-11H2,1-2H3,(H,22,24,25)/t12-/m0/s1. The molecule has 1 aromatic carbocycles. The van der Waals surface area contributed by atoms with Gasteiger partial charge in [-0.25, -0.2) is 4.98 Å². The number of nitrogens with zero attached hydrogens (tertiary/aromatic N) is 3. The van der Waals surface area contributed by atoms with Crippen molar-refractivity contribution in [3.63, 3.8) is 0 Å². The average molecular weight is 399 g/mol. The molecule has 1 aliphatic rings. The minimum atomic E-state index is -0.0635. The summed E-state index contributed by atoms with van der Waals surface area (Å²) in [5, 5.41) is 14.7. The van der Waals surface area contributed by atoms with Crippen molar-refractivity contribution in [3.05, 3.63) is 40.4 Å². The van der Waals surface area contributed by atoms with Crippen molar-refractivity contribution in [2.45, 2.75) is 44.6 Å². The Kier molecular flexibility index (Phi) is 5.41. The van der Waals surface area contributed by atoms with Crippen molar-refractivity contribution in [1.29, 1.82) is 0 Å². The maximum absolute atomic E-state index is 12.4. The number of amides is 1. The minimum Gasteiger partial charge on any atom is -0.300 e. The third-order valence-corrected chi connectivity index (χ3v) is 6.87. The van der Waals surface area contributed by atoms with E-state index in [0.717, 1.165) is 34.8 Å². The Morgan fingerprint density at radius 1 is 1.30 bits per heavy atom. The number of aromatic nitrogens is 3. The second-order valence-corrected chi connectivity index (χ2v) is 8.96. The Morgan fingerprint density at radius 3 is 2.96 bits per heavy atom. The number of pyridine rings is 1. The molecule has 0 fully saturated rings. The maximum Gasteiger partial charge on any atom is 0.236 e. The van der Waals surface area contributed by atoms with Crippen LogP contribution in [-0.2, 0) is 24.1 Å². The fraction of sp³-hybridized carbons (Fsp3) is 0.400. The van der Waals surface area contributed by atoms with Crippen LogP contribution in [0.2, 0.25) is 0 Å². The number of rotatable bonds is 5. The Hall–Kier alpha value is -1.99. The fourth-order valence-electron chi connectivity index (χ4n) is 3.49. The molecule has 0 spiro atoms. The van der Waals surface area contributed by atoms with Crippen molar-refractivity contribution < 1.29 is 4.79 Å². The van der Waals surface area contributed by atoms with E-state index in [2.05, 4.69) is 40.6 Å². The first-order chi connectivity index (χ1) is 13.1. The number of benzene rings is 1. The topological polar surface area (TPSA) is 67.8 Å². The number of carbonyl (C=O) groups is 1. The number of hydrogen-bond acceptors (Lipinski definition) is 6. The lowest BCUT2D eigenvalue weighted by atomic mass is 9.84. The van der Waals surface area contributed by atoms with Gasteiger partial charge in [0.25, 0.3) is 0 Å². The largest absolute Gasteiger partial charge is 0.300 e. The molecule has 7 heteroatoms. The second kappa shape index (κ2) is 7.94. The van der Waals surface area contributed by atoms with E-state index in [1.807, 2.05) is 13.0 Å². The van der Waals surface area contributed by atoms with E-state index < -0.39 is 0 Å². The lowest BCUT2D eigenvalue weighted by Gasteiger charge is -2.25. The second-order valence-electron chi connectivity index (χ2n) is 6.93. The number of anilines is 1. The first-order valence-electron chi connectivity index (χ1n) is 9.29. The highest BCUT2D eigenvalue weighted by molar-refractivity contribution is 8.00. The third-order valence-electron chi connectivity index (χ3n) is 4.87. The molecule has 1 atom stereocenters. The Balaban J connectivity index is 1.54. The molecule has 0 saturated heterocycles. The smallest absolute Gasteiger partial charge is 0.236 e. The highest BCUT2D eigenvalue weighted by atomic mass is 32.2. The van der Waals surface area contributed by atoms with Crippen molar-refractivity contribution in [2.24, 2.45) is 5.92 Å². The summed E-state index contributed by atoms with van der Waals surface area (Å²) in [7, 11) is 0. The number of fused-ring (bicyclic) bond motifs is 3. The Labute approximate surface area is 167 Å². The van der Waals surface area contributed by atoms with Crippen LogP contribution in [0.5, 0.6) is 0 Å². The molecule has 1 aliphatic carbocycles. The Bertz CT molecular complexity index is 985. The van der Waals surface area contributed by atoms with Crippen molar-refractivity contribution in [2.75, 3.05) is 11.1 Å². The van der Waals surface area contributed by atoms with E-state index in [0.29, 0.717) is 16.8 Å². The molecule has 2 aromatic heterocycles. The molecule has 0 saturated carbocycles. The zero-order valence-electron chi connectivity index (χ0n) is 15.5. The number of thioether (sulfide) groups is 1. The quantitative estimate of drug-likeness (QED) is 0.641. The minimum absolute atomic E-state index is 0.0635. The summed E-state index contributed by atoms with van der Waals surface area (Å²) >= 11 is 2.95. The van der Waals surface area contributed by atoms with Gasteiger partial charge in [0.2, 0.25) is 11.0 Å². The molecule has 3 aromatic rings. The van der Waals surface area contributed by atoms with Gasteiger partial charge in [0, 0.05) is 5.39 Å². The van der Waals surface area contributed by atoms with Crippen molar-refractivity contribution in [3.8, 4) is 0 Å². The maximum atomic E-state index is 12.4. The van der Waals surface area contributed by atoms with Gasteiger partial charge in [-0.1, -0.05) is 55.1 Å². The lowest BCUT2D eigenvalue weighted by molar-refractivity contribution is -0.113. The molecule has 1 N–H and O–H groups in total. The number of carbonyl (C=O) groups excluding carboxylic acids is 1. The average Bonchev–Trinajstić information content (AvgIpc) is 3.13. The van der Waals surface area contributed by atoms with Gasteiger partial charge in [0.15, 0.2) is 0 Å². The Morgan fingerprint density at radius 2 is 2.15 bits per heavy atom. The lowest BCUT2D eigenvalue weighted by Crippen LogP contribution is -2.16. The zero-order valence-corrected chi connectivity index (χ0v) is 17.1. The number of aryl methyl sites for hydroxylation is 2. The number of hydrogen-bond donors (Lipinski definition) is 1. The summed E-state index contributed by atoms with van der Waals surface area (Å²) in [5.74, 6) is 0.918. The van der Waals surface area contributed by atoms with Gasteiger partial charge in [-0.05, 0) is 48.8 Å². The summed E-state index contributed by atoms with van der Waals surface area (Å²) in [6.45, 7) is 4.32. The van der Waals surface area contributed by atoms with Gasteiger partial charge >= 0.3 is 0 Å². The van der Waals surface area contributed by atoms with Crippen LogP contribution < -0.4 is 5.32 Å². The highest BCUT2D eigenvalue weighted by Gasteiger charge is 2.22. The van der Waals surface area contributed by atoms with Gasteiger partial charge in [0.1, 0.15) is 10.0 Å². The monoisotopic (exact) mass is 398 g/mol. The molecule has 0 radical (unpaired) electrons. The van der Waals surface area contributed by atoms with Crippen molar-refractivity contribution in [1.82, 2.24) is 15.2 Å². The summed E-state index contributed by atoms with van der Waals surface area (Å²) in [6.07, 6.45) is 4.16. The van der Waals surface area contributed by atoms with Gasteiger partial charge < -0.3 is 0 Å². The molecule has 0 unspecified atom stereocenters. The summed E-state index contributed by atoms with van der Waals surface area (Å²) < 4.78 is 0. The van der Waals surface area contributed by atoms with Crippen LogP contribution in [-0.4, -0.2) is 26.8 Å². The normalized spacial score (nSPS) is 16.3. The van der Waals surface area contributed by atoms with E-state index in [1.54, 1.807) is 0 Å². The van der Waals surface area contributed by atoms with Crippen LogP contribution in [0.25, 0.3) is 10.9 Å². The van der Waals surface area contributed by atoms with Crippen LogP contribution in [0.4, 0.5) is 5.13 Å². The number of para-hydroxylation sites is 1. The third kappa shape index (κ3) is 3.99. The molecule has 4 rings (SSSR count). The van der Waals surface area contributed by atoms with Crippen LogP contribution in [0.15, 0.2) is 29.3 Å². The highest BCUT2D eigenvalue weighted by Crippen LogP contribution is 2.36. The van der Waals surface area contributed by atoms with E-state index in [1.165, 1.54) is 46.0 Å². The molecule has 140 valence electrons. The molecule has 1 amide bonds. The van der Waals surface area contributed by atoms with E-state index >= 15 is 0 Å². The SMILES string of the molecule is CCc1nnc(NC(=O)CSc2nc3ccccc3c3c2C[C@@H](C)CC3)s1. The van der Waals surface area contributed by atoms with Gasteiger partial charge in [-0.15, -0.1) is 10.2 Å².